The lowest BCUT2D eigenvalue weighted by atomic mass is 9.46. The number of benzene rings is 9. The molecule has 0 atom stereocenters. The van der Waals surface area contributed by atoms with Gasteiger partial charge in [-0.05, 0) is 171 Å². The Labute approximate surface area is 519 Å². The highest BCUT2D eigenvalue weighted by Crippen LogP contribution is 2.58. The van der Waals surface area contributed by atoms with E-state index in [-0.39, 0.29) is 39.3 Å². The molecule has 0 fully saturated rings. The van der Waals surface area contributed by atoms with E-state index in [4.69, 9.17) is 4.42 Å². The second-order valence-electron chi connectivity index (χ2n) is 31.4. The minimum absolute atomic E-state index is 0.00719. The maximum absolute atomic E-state index is 7.44. The number of rotatable bonds is 5. The number of thiophene rings is 1. The van der Waals surface area contributed by atoms with Gasteiger partial charge in [-0.25, -0.2) is 0 Å². The fourth-order valence-electron chi connectivity index (χ4n) is 14.9. The van der Waals surface area contributed by atoms with Gasteiger partial charge in [0.15, 0.2) is 0 Å². The number of hydrogen-bond donors (Lipinski definition) is 0. The average Bonchev–Trinajstić information content (AvgIpc) is 1.54. The first-order valence-corrected chi connectivity index (χ1v) is 32.5. The van der Waals surface area contributed by atoms with E-state index in [9.17, 15) is 0 Å². The standard InChI is InChI=1S/C82H81BN2OS/c1-77(2,3)51-27-22-47(23-28-51)40-50(49-25-29-52(30-26-49)78(4,5)6)41-48-24-37-57-59-45-61-66(46-64(59)82(16,17)63(57)42-48)85(56-35-31-53(32-36-56)79(7,8)9)83-72-69(61)70-58-20-18-19-21-67(58)86-75(70)71-60-43-54(80(10,11)12)33-38-65(60)84(74(71)72)73-62-44-55(81(13,14)15)34-39-68(62)87-76(73)83/h18-40,42-46H,41H2,1-17H3/b50-40-. The van der Waals surface area contributed by atoms with Crippen LogP contribution in [-0.4, -0.2) is 11.4 Å². The van der Waals surface area contributed by atoms with Gasteiger partial charge in [-0.15, -0.1) is 11.3 Å². The van der Waals surface area contributed by atoms with Gasteiger partial charge in [0.1, 0.15) is 11.2 Å². The van der Waals surface area contributed by atoms with Crippen molar-refractivity contribution in [2.24, 2.45) is 0 Å². The molecular formula is C82H81BN2OS. The van der Waals surface area contributed by atoms with Crippen LogP contribution in [0.25, 0.3) is 93.4 Å². The van der Waals surface area contributed by atoms with Gasteiger partial charge in [-0.1, -0.05) is 233 Å². The third-order valence-corrected chi connectivity index (χ3v) is 21.2. The number of hydrogen-bond acceptors (Lipinski definition) is 3. The van der Waals surface area contributed by atoms with Crippen molar-refractivity contribution in [3.63, 3.8) is 0 Å². The Balaban J connectivity index is 1.00. The van der Waals surface area contributed by atoms with E-state index in [0.29, 0.717) is 0 Å². The first-order valence-electron chi connectivity index (χ1n) is 31.7. The molecule has 15 rings (SSSR count). The largest absolute Gasteiger partial charge is 0.455 e. The van der Waals surface area contributed by atoms with Crippen LogP contribution in [0.2, 0.25) is 0 Å². The van der Waals surface area contributed by atoms with Crippen molar-refractivity contribution in [2.45, 2.75) is 157 Å². The van der Waals surface area contributed by atoms with Gasteiger partial charge in [0.25, 0.3) is 0 Å². The Bertz CT molecular complexity index is 4900. The molecule has 0 saturated carbocycles. The number of fused-ring (bicyclic) bond motifs is 18. The number of para-hydroxylation sites is 1. The highest BCUT2D eigenvalue weighted by molar-refractivity contribution is 7.32. The van der Waals surface area contributed by atoms with Crippen LogP contribution in [0, 0.1) is 0 Å². The summed E-state index contributed by atoms with van der Waals surface area (Å²) in [5.41, 5.74) is 28.9. The average molecular weight is 1150 g/mol. The normalized spacial score (nSPS) is 14.9. The lowest BCUT2D eigenvalue weighted by Crippen LogP contribution is -2.59. The van der Waals surface area contributed by atoms with E-state index in [2.05, 4.69) is 297 Å². The summed E-state index contributed by atoms with van der Waals surface area (Å²) in [5.74, 6) is 0. The van der Waals surface area contributed by atoms with Crippen molar-refractivity contribution < 1.29 is 4.42 Å². The van der Waals surface area contributed by atoms with E-state index in [1.807, 2.05) is 11.3 Å². The van der Waals surface area contributed by atoms with Crippen LogP contribution in [0.5, 0.6) is 0 Å². The zero-order chi connectivity index (χ0) is 61.0. The molecule has 1 aliphatic carbocycles. The van der Waals surface area contributed by atoms with Crippen molar-refractivity contribution >= 4 is 105 Å². The molecule has 12 aromatic rings. The van der Waals surface area contributed by atoms with Gasteiger partial charge in [0.2, 0.25) is 0 Å². The molecule has 0 radical (unpaired) electrons. The highest BCUT2D eigenvalue weighted by atomic mass is 32.1. The molecule has 0 spiro atoms. The first-order chi connectivity index (χ1) is 41.0. The van der Waals surface area contributed by atoms with Gasteiger partial charge < -0.3 is 13.8 Å². The van der Waals surface area contributed by atoms with Crippen LogP contribution in [0.15, 0.2) is 168 Å². The minimum atomic E-state index is -0.309. The highest BCUT2D eigenvalue weighted by Gasteiger charge is 2.49. The fraction of sp³-hybridized carbons (Fsp3) is 0.293. The van der Waals surface area contributed by atoms with Crippen LogP contribution in [0.3, 0.4) is 0 Å². The van der Waals surface area contributed by atoms with Gasteiger partial charge in [0, 0.05) is 53.4 Å². The van der Waals surface area contributed by atoms with Gasteiger partial charge in [-0.2, -0.15) is 0 Å². The van der Waals surface area contributed by atoms with Crippen LogP contribution >= 0.6 is 11.3 Å². The third-order valence-electron chi connectivity index (χ3n) is 20.0. The Morgan fingerprint density at radius 3 is 1.75 bits per heavy atom. The van der Waals surface area contributed by atoms with E-state index in [0.717, 1.165) is 23.0 Å². The second-order valence-corrected chi connectivity index (χ2v) is 32.5. The summed E-state index contributed by atoms with van der Waals surface area (Å²) < 4.78 is 12.8. The van der Waals surface area contributed by atoms with Gasteiger partial charge in [-0.3, -0.25) is 0 Å². The maximum Gasteiger partial charge on any atom is 0.343 e. The lowest BCUT2D eigenvalue weighted by Gasteiger charge is -2.42. The summed E-state index contributed by atoms with van der Waals surface area (Å²) >= 11 is 1.99. The van der Waals surface area contributed by atoms with E-state index < -0.39 is 0 Å². The fourth-order valence-corrected chi connectivity index (χ4v) is 16.2. The molecule has 5 heterocycles. The molecule has 87 heavy (non-hydrogen) atoms. The molecule has 2 aliphatic heterocycles. The minimum Gasteiger partial charge on any atom is -0.455 e. The summed E-state index contributed by atoms with van der Waals surface area (Å²) in [6.07, 6.45) is 3.23. The molecule has 0 unspecified atom stereocenters. The number of allylic oxidation sites excluding steroid dienone is 1. The monoisotopic (exact) mass is 1150 g/mol. The predicted octanol–water partition coefficient (Wildman–Crippen LogP) is 21.7. The molecule has 5 heteroatoms. The van der Waals surface area contributed by atoms with Gasteiger partial charge in [0.05, 0.1) is 22.1 Å². The number of anilines is 2. The third kappa shape index (κ3) is 8.55. The molecule has 0 amide bonds. The Hall–Kier alpha value is -7.86. The summed E-state index contributed by atoms with van der Waals surface area (Å²) in [7, 11) is 0. The Morgan fingerprint density at radius 1 is 0.529 bits per heavy atom. The molecule has 0 bridgehead atoms. The smallest absolute Gasteiger partial charge is 0.343 e. The topological polar surface area (TPSA) is 21.3 Å². The Kier molecular flexibility index (Phi) is 11.9. The molecule has 0 saturated heterocycles. The summed E-state index contributed by atoms with van der Waals surface area (Å²) in [5, 5.41) is 6.12. The van der Waals surface area contributed by atoms with Crippen molar-refractivity contribution in [1.82, 2.24) is 4.57 Å². The van der Waals surface area contributed by atoms with Crippen molar-refractivity contribution in [2.75, 3.05) is 4.81 Å². The molecule has 3 aromatic heterocycles. The molecule has 0 N–H and O–H groups in total. The molecule has 3 aliphatic rings. The summed E-state index contributed by atoms with van der Waals surface area (Å²) in [6, 6.07) is 64.3. The van der Waals surface area contributed by atoms with Crippen LogP contribution < -0.4 is 15.1 Å². The van der Waals surface area contributed by atoms with Gasteiger partial charge >= 0.3 is 6.85 Å². The van der Waals surface area contributed by atoms with E-state index >= 15 is 0 Å². The molecule has 3 nitrogen and oxygen atoms in total. The molecule has 434 valence electrons. The molecular weight excluding hydrogens is 1070 g/mol. The first kappa shape index (κ1) is 55.7. The summed E-state index contributed by atoms with van der Waals surface area (Å²) in [6.45, 7) is 39.6. The number of aromatic nitrogens is 1. The van der Waals surface area contributed by atoms with E-state index in [1.165, 1.54) is 148 Å². The number of furan rings is 1. The number of nitrogens with zero attached hydrogens (tertiary/aromatic N) is 2. The van der Waals surface area contributed by atoms with Crippen molar-refractivity contribution in [3.05, 3.63) is 219 Å². The summed E-state index contributed by atoms with van der Waals surface area (Å²) in [4.78, 5) is 2.76. The SMILES string of the molecule is CC(C)(C)c1ccc(/C=C(/Cc2ccc3c(c2)C(C)(C)c2cc4c(cc2-3)-c2c3c5c(c6cc(C(C)(C)C)ccc6n5-c5c(sc6ccc(C(C)(C)C)cc56)B3N4c3ccc(C(C)(C)C)cc3)c3oc4ccccc4c23)c2ccc(C(C)(C)C)cc2)cc1. The van der Waals surface area contributed by atoms with Crippen molar-refractivity contribution in [1.29, 1.82) is 0 Å². The second kappa shape index (κ2) is 18.6. The quantitative estimate of drug-likeness (QED) is 0.127. The zero-order valence-corrected chi connectivity index (χ0v) is 55.0. The zero-order valence-electron chi connectivity index (χ0n) is 54.2. The van der Waals surface area contributed by atoms with Crippen LogP contribution in [0.1, 0.15) is 173 Å². The Morgan fingerprint density at radius 2 is 1.10 bits per heavy atom. The van der Waals surface area contributed by atoms with Crippen LogP contribution in [0.4, 0.5) is 11.4 Å². The predicted molar refractivity (Wildman–Crippen MR) is 378 cm³/mol. The lowest BCUT2D eigenvalue weighted by molar-refractivity contribution is 0.590. The van der Waals surface area contributed by atoms with Crippen LogP contribution in [-0.2, 0) is 38.9 Å². The molecule has 9 aromatic carbocycles. The maximum atomic E-state index is 7.44. The van der Waals surface area contributed by atoms with Crippen molar-refractivity contribution in [3.8, 4) is 27.9 Å². The van der Waals surface area contributed by atoms with E-state index in [1.54, 1.807) is 0 Å².